The van der Waals surface area contributed by atoms with Gasteiger partial charge in [-0.05, 0) is 24.2 Å². The van der Waals surface area contributed by atoms with E-state index in [0.29, 0.717) is 0 Å². The summed E-state index contributed by atoms with van der Waals surface area (Å²) in [4.78, 5) is 2.40. The first-order valence-corrected chi connectivity index (χ1v) is 6.46. The van der Waals surface area contributed by atoms with Crippen molar-refractivity contribution in [2.75, 3.05) is 19.7 Å². The Hall–Kier alpha value is -0.860. The fourth-order valence-corrected chi connectivity index (χ4v) is 1.86. The monoisotopic (exact) mass is 235 g/mol. The molecule has 0 unspecified atom stereocenters. The molecule has 1 aromatic rings. The van der Waals surface area contributed by atoms with Crippen LogP contribution in [0.15, 0.2) is 24.3 Å². The predicted molar refractivity (Wildman–Crippen MR) is 73.2 cm³/mol. The minimum Gasteiger partial charge on any atom is -0.395 e. The molecule has 1 aromatic carbocycles. The molecule has 2 heteroatoms. The normalized spacial score (nSPS) is 12.1. The second-order valence-electron chi connectivity index (χ2n) is 5.20. The molecule has 2 nitrogen and oxygen atoms in total. The zero-order chi connectivity index (χ0) is 12.9. The van der Waals surface area contributed by atoms with Crippen LogP contribution in [-0.2, 0) is 12.0 Å². The number of hydrogen-bond donors (Lipinski definition) is 1. The van der Waals surface area contributed by atoms with E-state index in [1.807, 2.05) is 0 Å². The zero-order valence-corrected chi connectivity index (χ0v) is 11.5. The van der Waals surface area contributed by atoms with E-state index in [1.54, 1.807) is 0 Å². The summed E-state index contributed by atoms with van der Waals surface area (Å²) in [7, 11) is 0. The van der Waals surface area contributed by atoms with E-state index in [1.165, 1.54) is 11.1 Å². The van der Waals surface area contributed by atoms with Gasteiger partial charge in [0, 0.05) is 12.0 Å². The smallest absolute Gasteiger partial charge is 0.0522 e. The molecule has 96 valence electrons. The van der Waals surface area contributed by atoms with Crippen molar-refractivity contribution >= 4 is 0 Å². The fourth-order valence-electron chi connectivity index (χ4n) is 1.86. The summed E-state index contributed by atoms with van der Waals surface area (Å²) in [5.41, 5.74) is 2.39. The first-order valence-electron chi connectivity index (χ1n) is 6.46. The molecule has 0 atom stereocenters. The Morgan fingerprint density at radius 1 is 1.06 bits per heavy atom. The van der Waals surface area contributed by atoms with Crippen LogP contribution in [0.5, 0.6) is 0 Å². The van der Waals surface area contributed by atoms with Crippen molar-refractivity contribution in [3.05, 3.63) is 35.4 Å². The van der Waals surface area contributed by atoms with E-state index in [0.717, 1.165) is 19.6 Å². The maximum Gasteiger partial charge on any atom is 0.0522 e. The van der Waals surface area contributed by atoms with Gasteiger partial charge in [-0.15, -0.1) is 0 Å². The maximum atomic E-state index is 9.33. The molecule has 0 aliphatic rings. The van der Waals surface area contributed by atoms with Crippen LogP contribution in [0.1, 0.15) is 38.8 Å². The topological polar surface area (TPSA) is 23.5 Å². The third-order valence-electron chi connectivity index (χ3n) is 3.43. The Morgan fingerprint density at radius 2 is 1.59 bits per heavy atom. The molecular weight excluding hydrogens is 210 g/mol. The molecule has 0 bridgehead atoms. The van der Waals surface area contributed by atoms with Crippen LogP contribution in [0.2, 0.25) is 0 Å². The Bertz CT molecular complexity index is 325. The van der Waals surface area contributed by atoms with E-state index >= 15 is 0 Å². The zero-order valence-electron chi connectivity index (χ0n) is 11.5. The van der Waals surface area contributed by atoms with Gasteiger partial charge in [0.05, 0.1) is 6.61 Å². The predicted octanol–water partition coefficient (Wildman–Crippen LogP) is 2.80. The summed E-state index contributed by atoms with van der Waals surface area (Å²) < 4.78 is 0. The summed E-state index contributed by atoms with van der Waals surface area (Å²) in [5, 5.41) is 9.33. The van der Waals surface area contributed by atoms with Crippen molar-refractivity contribution in [1.29, 1.82) is 0 Å². The molecule has 0 spiro atoms. The molecule has 17 heavy (non-hydrogen) atoms. The van der Waals surface area contributed by atoms with Gasteiger partial charge in [0.2, 0.25) is 0 Å². The van der Waals surface area contributed by atoms with E-state index in [9.17, 15) is 5.11 Å². The molecule has 0 aliphatic heterocycles. The van der Waals surface area contributed by atoms with Crippen molar-refractivity contribution < 1.29 is 5.11 Å². The first-order chi connectivity index (χ1) is 8.03. The second kappa shape index (κ2) is 6.18. The van der Waals surface area contributed by atoms with E-state index in [4.69, 9.17) is 0 Å². The second-order valence-corrected chi connectivity index (χ2v) is 5.20. The quantitative estimate of drug-likeness (QED) is 0.819. The summed E-state index contributed by atoms with van der Waals surface area (Å²) in [6.45, 7) is 11.9. The highest BCUT2D eigenvalue weighted by atomic mass is 16.3. The molecule has 0 saturated heterocycles. The Morgan fingerprint density at radius 3 is 2.00 bits per heavy atom. The van der Waals surface area contributed by atoms with Crippen molar-refractivity contribution in [1.82, 2.24) is 4.90 Å². The van der Waals surface area contributed by atoms with Gasteiger partial charge in [-0.3, -0.25) is 4.90 Å². The number of hydrogen-bond acceptors (Lipinski definition) is 2. The van der Waals surface area contributed by atoms with E-state index in [2.05, 4.69) is 56.9 Å². The standard InChI is InChI=1S/C15H25NO/c1-5-16(6-2)11-13-7-9-14(10-8-13)15(3,4)12-17/h7-10,17H,5-6,11-12H2,1-4H3. The Balaban J connectivity index is 2.74. The summed E-state index contributed by atoms with van der Waals surface area (Å²) in [6.07, 6.45) is 0. The average Bonchev–Trinajstić information content (AvgIpc) is 2.36. The minimum absolute atomic E-state index is 0.145. The lowest BCUT2D eigenvalue weighted by Crippen LogP contribution is -2.23. The maximum absolute atomic E-state index is 9.33. The van der Waals surface area contributed by atoms with Crippen LogP contribution in [0.4, 0.5) is 0 Å². The van der Waals surface area contributed by atoms with Crippen LogP contribution in [-0.4, -0.2) is 29.7 Å². The van der Waals surface area contributed by atoms with Crippen molar-refractivity contribution in [3.8, 4) is 0 Å². The SMILES string of the molecule is CCN(CC)Cc1ccc(C(C)(C)CO)cc1. The third-order valence-corrected chi connectivity index (χ3v) is 3.43. The van der Waals surface area contributed by atoms with Gasteiger partial charge < -0.3 is 5.11 Å². The van der Waals surface area contributed by atoms with Gasteiger partial charge in [0.15, 0.2) is 0 Å². The molecule has 0 aromatic heterocycles. The lowest BCUT2D eigenvalue weighted by Gasteiger charge is -2.23. The molecule has 1 N–H and O–H groups in total. The molecule has 0 aliphatic carbocycles. The van der Waals surface area contributed by atoms with Crippen molar-refractivity contribution in [2.24, 2.45) is 0 Å². The molecule has 0 saturated carbocycles. The van der Waals surface area contributed by atoms with Crippen molar-refractivity contribution in [3.63, 3.8) is 0 Å². The van der Waals surface area contributed by atoms with Crippen LogP contribution < -0.4 is 0 Å². The molecular formula is C15H25NO. The van der Waals surface area contributed by atoms with Crippen LogP contribution in [0, 0.1) is 0 Å². The summed E-state index contributed by atoms with van der Waals surface area (Å²) in [5.74, 6) is 0. The highest BCUT2D eigenvalue weighted by Gasteiger charge is 2.18. The van der Waals surface area contributed by atoms with Gasteiger partial charge in [-0.2, -0.15) is 0 Å². The summed E-state index contributed by atoms with van der Waals surface area (Å²) >= 11 is 0. The average molecular weight is 235 g/mol. The van der Waals surface area contributed by atoms with Gasteiger partial charge in [0.1, 0.15) is 0 Å². The Kier molecular flexibility index (Phi) is 5.16. The number of benzene rings is 1. The van der Waals surface area contributed by atoms with E-state index in [-0.39, 0.29) is 12.0 Å². The highest BCUT2D eigenvalue weighted by molar-refractivity contribution is 5.28. The minimum atomic E-state index is -0.145. The molecule has 0 heterocycles. The van der Waals surface area contributed by atoms with Crippen LogP contribution >= 0.6 is 0 Å². The molecule has 0 radical (unpaired) electrons. The molecule has 1 rings (SSSR count). The van der Waals surface area contributed by atoms with E-state index < -0.39 is 0 Å². The number of nitrogens with zero attached hydrogens (tertiary/aromatic N) is 1. The van der Waals surface area contributed by atoms with Crippen LogP contribution in [0.25, 0.3) is 0 Å². The molecule has 0 fully saturated rings. The highest BCUT2D eigenvalue weighted by Crippen LogP contribution is 2.22. The lowest BCUT2D eigenvalue weighted by atomic mass is 9.85. The number of rotatable bonds is 6. The number of aliphatic hydroxyl groups excluding tert-OH is 1. The van der Waals surface area contributed by atoms with Gasteiger partial charge in [-0.25, -0.2) is 0 Å². The first kappa shape index (κ1) is 14.2. The summed E-state index contributed by atoms with van der Waals surface area (Å²) in [6, 6.07) is 8.61. The number of aliphatic hydroxyl groups is 1. The van der Waals surface area contributed by atoms with Gasteiger partial charge in [0.25, 0.3) is 0 Å². The van der Waals surface area contributed by atoms with Crippen LogP contribution in [0.3, 0.4) is 0 Å². The molecule has 0 amide bonds. The largest absolute Gasteiger partial charge is 0.395 e. The lowest BCUT2D eigenvalue weighted by molar-refractivity contribution is 0.218. The Labute approximate surface area is 105 Å². The fraction of sp³-hybridized carbons (Fsp3) is 0.600. The third kappa shape index (κ3) is 3.83. The van der Waals surface area contributed by atoms with Crippen molar-refractivity contribution in [2.45, 2.75) is 39.7 Å². The van der Waals surface area contributed by atoms with Gasteiger partial charge in [-0.1, -0.05) is 52.0 Å². The van der Waals surface area contributed by atoms with Gasteiger partial charge >= 0.3 is 0 Å².